The lowest BCUT2D eigenvalue weighted by molar-refractivity contribution is -0.113. The van der Waals surface area contributed by atoms with E-state index in [4.69, 9.17) is 4.74 Å². The van der Waals surface area contributed by atoms with Crippen molar-refractivity contribution in [3.63, 3.8) is 0 Å². The Bertz CT molecular complexity index is 1140. The first-order valence-electron chi connectivity index (χ1n) is 9.06. The van der Waals surface area contributed by atoms with Gasteiger partial charge in [-0.05, 0) is 48.5 Å². The lowest BCUT2D eigenvalue weighted by Gasteiger charge is -2.11. The standard InChI is InChI=1S/C21H18FN5O2S/c1-29-16-10-8-15(9-11-16)20-24-25-21(27(20)26-12-4-5-13-26)30-14-19(28)23-18-7-3-2-6-17(18)22/h2-13H,14H2,1H3,(H,23,28). The van der Waals surface area contributed by atoms with Gasteiger partial charge in [-0.25, -0.2) is 9.07 Å². The highest BCUT2D eigenvalue weighted by atomic mass is 32.2. The van der Waals surface area contributed by atoms with Gasteiger partial charge in [-0.2, -0.15) is 0 Å². The van der Waals surface area contributed by atoms with Gasteiger partial charge in [0.1, 0.15) is 11.6 Å². The summed E-state index contributed by atoms with van der Waals surface area (Å²) in [5.74, 6) is 0.596. The fourth-order valence-corrected chi connectivity index (χ4v) is 3.56. The van der Waals surface area contributed by atoms with Crippen molar-refractivity contribution in [1.82, 2.24) is 19.5 Å². The Hall–Kier alpha value is -3.59. The van der Waals surface area contributed by atoms with Crippen LogP contribution in [0.4, 0.5) is 10.1 Å². The SMILES string of the molecule is COc1ccc(-c2nnc(SCC(=O)Nc3ccccc3F)n2-n2cccc2)cc1. The van der Waals surface area contributed by atoms with E-state index in [1.807, 2.05) is 58.1 Å². The maximum atomic E-state index is 13.7. The quantitative estimate of drug-likeness (QED) is 0.456. The van der Waals surface area contributed by atoms with Crippen molar-refractivity contribution in [3.05, 3.63) is 78.9 Å². The molecule has 152 valence electrons. The molecular formula is C21H18FN5O2S. The van der Waals surface area contributed by atoms with Crippen LogP contribution in [0.25, 0.3) is 11.4 Å². The molecule has 0 aliphatic rings. The molecule has 30 heavy (non-hydrogen) atoms. The van der Waals surface area contributed by atoms with Crippen LogP contribution in [-0.4, -0.2) is 38.3 Å². The minimum Gasteiger partial charge on any atom is -0.497 e. The number of ether oxygens (including phenoxy) is 1. The third kappa shape index (κ3) is 4.20. The van der Waals surface area contributed by atoms with Gasteiger partial charge in [0, 0.05) is 18.0 Å². The molecule has 0 fully saturated rings. The van der Waals surface area contributed by atoms with E-state index in [9.17, 15) is 9.18 Å². The van der Waals surface area contributed by atoms with Gasteiger partial charge in [0.25, 0.3) is 0 Å². The van der Waals surface area contributed by atoms with E-state index in [-0.39, 0.29) is 17.3 Å². The molecule has 0 atom stereocenters. The molecule has 0 unspecified atom stereocenters. The molecule has 7 nitrogen and oxygen atoms in total. The number of nitrogens with zero attached hydrogens (tertiary/aromatic N) is 4. The third-order valence-electron chi connectivity index (χ3n) is 4.26. The first kappa shape index (κ1) is 19.7. The van der Waals surface area contributed by atoms with Crippen LogP contribution in [0.1, 0.15) is 0 Å². The van der Waals surface area contributed by atoms with Gasteiger partial charge in [0.05, 0.1) is 18.6 Å². The topological polar surface area (TPSA) is 74.0 Å². The van der Waals surface area contributed by atoms with Crippen molar-refractivity contribution in [2.24, 2.45) is 0 Å². The number of amides is 1. The van der Waals surface area contributed by atoms with E-state index in [1.54, 1.807) is 19.2 Å². The first-order chi connectivity index (χ1) is 14.7. The fourth-order valence-electron chi connectivity index (χ4n) is 2.82. The smallest absolute Gasteiger partial charge is 0.234 e. The maximum absolute atomic E-state index is 13.7. The molecule has 0 bridgehead atoms. The van der Waals surface area contributed by atoms with Crippen molar-refractivity contribution in [2.75, 3.05) is 18.2 Å². The van der Waals surface area contributed by atoms with Gasteiger partial charge in [-0.1, -0.05) is 23.9 Å². The summed E-state index contributed by atoms with van der Waals surface area (Å²) in [6.45, 7) is 0. The van der Waals surface area contributed by atoms with Crippen molar-refractivity contribution in [2.45, 2.75) is 5.16 Å². The number of rotatable bonds is 7. The van der Waals surface area contributed by atoms with Crippen molar-refractivity contribution in [1.29, 1.82) is 0 Å². The molecule has 0 saturated heterocycles. The monoisotopic (exact) mass is 423 g/mol. The number of benzene rings is 2. The average Bonchev–Trinajstić information content (AvgIpc) is 3.43. The lowest BCUT2D eigenvalue weighted by atomic mass is 10.2. The van der Waals surface area contributed by atoms with Gasteiger partial charge in [-0.3, -0.25) is 9.47 Å². The number of thioether (sulfide) groups is 1. The molecule has 0 saturated carbocycles. The van der Waals surface area contributed by atoms with Gasteiger partial charge in [0.2, 0.25) is 11.1 Å². The van der Waals surface area contributed by atoms with Crippen molar-refractivity contribution < 1.29 is 13.9 Å². The highest BCUT2D eigenvalue weighted by Gasteiger charge is 2.17. The van der Waals surface area contributed by atoms with Crippen molar-refractivity contribution in [3.8, 4) is 17.1 Å². The Balaban J connectivity index is 1.56. The summed E-state index contributed by atoms with van der Waals surface area (Å²) in [6.07, 6.45) is 3.72. The Labute approximate surface area is 176 Å². The van der Waals surface area contributed by atoms with Gasteiger partial charge in [-0.15, -0.1) is 10.2 Å². The van der Waals surface area contributed by atoms with Crippen LogP contribution in [0.15, 0.2) is 78.2 Å². The predicted molar refractivity (Wildman–Crippen MR) is 113 cm³/mol. The number of carbonyl (C=O) groups excluding carboxylic acids is 1. The fraction of sp³-hybridized carbons (Fsp3) is 0.0952. The summed E-state index contributed by atoms with van der Waals surface area (Å²) in [5, 5.41) is 11.7. The van der Waals surface area contributed by atoms with E-state index in [0.29, 0.717) is 11.0 Å². The minimum absolute atomic E-state index is 0.0519. The molecular weight excluding hydrogens is 405 g/mol. The Morgan fingerprint density at radius 3 is 2.50 bits per heavy atom. The molecule has 0 spiro atoms. The Morgan fingerprint density at radius 2 is 1.80 bits per heavy atom. The molecule has 0 aliphatic carbocycles. The maximum Gasteiger partial charge on any atom is 0.234 e. The second kappa shape index (κ2) is 8.83. The van der Waals surface area contributed by atoms with Gasteiger partial charge < -0.3 is 10.1 Å². The minimum atomic E-state index is -0.479. The molecule has 1 N–H and O–H groups in total. The highest BCUT2D eigenvalue weighted by Crippen LogP contribution is 2.26. The Kier molecular flexibility index (Phi) is 5.80. The number of halogens is 1. The normalized spacial score (nSPS) is 10.7. The molecule has 4 rings (SSSR count). The summed E-state index contributed by atoms with van der Waals surface area (Å²) in [4.78, 5) is 12.3. The van der Waals surface area contributed by atoms with E-state index in [2.05, 4.69) is 15.5 Å². The Morgan fingerprint density at radius 1 is 1.07 bits per heavy atom. The second-order valence-corrected chi connectivity index (χ2v) is 7.17. The molecule has 0 radical (unpaired) electrons. The zero-order chi connectivity index (χ0) is 20.9. The van der Waals surface area contributed by atoms with E-state index in [1.165, 1.54) is 23.9 Å². The largest absolute Gasteiger partial charge is 0.497 e. The number of aromatic nitrogens is 4. The number of carbonyl (C=O) groups is 1. The zero-order valence-electron chi connectivity index (χ0n) is 16.0. The van der Waals surface area contributed by atoms with Crippen LogP contribution in [0.3, 0.4) is 0 Å². The molecule has 2 aromatic heterocycles. The van der Waals surface area contributed by atoms with E-state index in [0.717, 1.165) is 11.3 Å². The van der Waals surface area contributed by atoms with Crippen LogP contribution >= 0.6 is 11.8 Å². The highest BCUT2D eigenvalue weighted by molar-refractivity contribution is 7.99. The second-order valence-electron chi connectivity index (χ2n) is 6.23. The molecule has 2 aromatic carbocycles. The molecule has 0 aliphatic heterocycles. The summed E-state index contributed by atoms with van der Waals surface area (Å²) in [6, 6.07) is 17.3. The van der Waals surface area contributed by atoms with Crippen LogP contribution < -0.4 is 10.1 Å². The number of methoxy groups -OCH3 is 1. The van der Waals surface area contributed by atoms with Crippen LogP contribution in [0.5, 0.6) is 5.75 Å². The van der Waals surface area contributed by atoms with Gasteiger partial charge >= 0.3 is 0 Å². The molecule has 4 aromatic rings. The number of hydrogen-bond donors (Lipinski definition) is 1. The van der Waals surface area contributed by atoms with Crippen LogP contribution in [0, 0.1) is 5.82 Å². The lowest BCUT2D eigenvalue weighted by Crippen LogP contribution is -2.16. The summed E-state index contributed by atoms with van der Waals surface area (Å²) >= 11 is 1.21. The number of hydrogen-bond acceptors (Lipinski definition) is 5. The van der Waals surface area contributed by atoms with Crippen LogP contribution in [0.2, 0.25) is 0 Å². The molecule has 2 heterocycles. The number of para-hydroxylation sites is 1. The van der Waals surface area contributed by atoms with E-state index < -0.39 is 5.82 Å². The predicted octanol–water partition coefficient (Wildman–Crippen LogP) is 3.94. The molecule has 1 amide bonds. The van der Waals surface area contributed by atoms with Crippen molar-refractivity contribution >= 4 is 23.4 Å². The summed E-state index contributed by atoms with van der Waals surface area (Å²) in [5.41, 5.74) is 0.994. The van der Waals surface area contributed by atoms with Gasteiger partial charge in [0.15, 0.2) is 5.82 Å². The average molecular weight is 423 g/mol. The summed E-state index contributed by atoms with van der Waals surface area (Å²) in [7, 11) is 1.61. The zero-order valence-corrected chi connectivity index (χ0v) is 16.8. The number of anilines is 1. The number of nitrogens with one attached hydrogen (secondary N) is 1. The molecule has 9 heteroatoms. The summed E-state index contributed by atoms with van der Waals surface area (Å²) < 4.78 is 22.6. The van der Waals surface area contributed by atoms with E-state index >= 15 is 0 Å². The third-order valence-corrected chi connectivity index (χ3v) is 5.18. The van der Waals surface area contributed by atoms with Crippen LogP contribution in [-0.2, 0) is 4.79 Å². The first-order valence-corrected chi connectivity index (χ1v) is 10.0.